The van der Waals surface area contributed by atoms with Crippen LogP contribution in [-0.4, -0.2) is 0 Å². The second-order valence-electron chi connectivity index (χ2n) is 10.7. The molecule has 0 radical (unpaired) electrons. The maximum Gasteiger partial charge on any atom is 0.136 e. The van der Waals surface area contributed by atoms with Crippen molar-refractivity contribution in [1.82, 2.24) is 0 Å². The Bertz CT molecular complexity index is 3110. The number of fused-ring (bicyclic) bond motifs is 5. The van der Waals surface area contributed by atoms with Gasteiger partial charge in [0.1, 0.15) is 11.2 Å². The third-order valence-corrected chi connectivity index (χ3v) is 8.19. The first-order valence-electron chi connectivity index (χ1n) is 20.5. The maximum absolute atomic E-state index is 9.59. The average Bonchev–Trinajstić information content (AvgIpc) is 3.61. The third-order valence-electron chi connectivity index (χ3n) is 8.19. The minimum absolute atomic E-state index is 0.0118. The summed E-state index contributed by atoms with van der Waals surface area (Å²) >= 11 is 0. The van der Waals surface area contributed by atoms with Gasteiger partial charge in [0.2, 0.25) is 0 Å². The zero-order valence-electron chi connectivity index (χ0n) is 35.6. The predicted molar refractivity (Wildman–Crippen MR) is 190 cm³/mol. The molecule has 8 aromatic carbocycles. The molecule has 9 rings (SSSR count). The molecule has 0 aliphatic carbocycles. The fourth-order valence-corrected chi connectivity index (χ4v) is 6.29. The first kappa shape index (κ1) is 16.2. The molecule has 0 saturated heterocycles. The summed E-state index contributed by atoms with van der Waals surface area (Å²) in [5.41, 5.74) is 2.76. The van der Waals surface area contributed by atoms with Gasteiger partial charge in [-0.1, -0.05) is 145 Å². The number of hydrogen-bond donors (Lipinski definition) is 0. The molecule has 1 heteroatoms. The normalized spacial score (nSPS) is 15.3. The van der Waals surface area contributed by atoms with E-state index >= 15 is 0 Å². The van der Waals surface area contributed by atoms with Crippen LogP contribution in [0.3, 0.4) is 0 Å². The summed E-state index contributed by atoms with van der Waals surface area (Å²) in [4.78, 5) is 0. The molecule has 0 N–H and O–H groups in total. The summed E-state index contributed by atoms with van der Waals surface area (Å²) in [6, 6.07) is 22.1. The largest absolute Gasteiger partial charge is 0.456 e. The summed E-state index contributed by atoms with van der Waals surface area (Å²) in [5, 5.41) is 0.858. The van der Waals surface area contributed by atoms with Gasteiger partial charge in [0.05, 0.1) is 16.4 Å². The Morgan fingerprint density at radius 1 is 0.378 bits per heavy atom. The standard InChI is InChI=1S/C44H28O/c1-3-14-29(15-4-1)31-18-13-19-32(28-31)41-33-20-7-9-22-35(33)43(36-23-10-8-21-34(36)41)38-26-27-40-44(37-24-11-12-25-39(37)45-40)42(38)30-16-5-2-6-17-30/h1-28H/i7D,8D,9D,10D,13D,18D,19D,20D,21D,22D,23D,28D. The highest BCUT2D eigenvalue weighted by Gasteiger charge is 2.22. The van der Waals surface area contributed by atoms with Crippen molar-refractivity contribution in [2.24, 2.45) is 0 Å². The van der Waals surface area contributed by atoms with E-state index in [-0.39, 0.29) is 43.8 Å². The third kappa shape index (κ3) is 4.09. The van der Waals surface area contributed by atoms with Crippen molar-refractivity contribution in [3.63, 3.8) is 0 Å². The molecule has 0 spiro atoms. The Kier molecular flexibility index (Phi) is 3.74. The quantitative estimate of drug-likeness (QED) is 0.188. The van der Waals surface area contributed by atoms with E-state index in [1.165, 1.54) is 0 Å². The molecule has 210 valence electrons. The van der Waals surface area contributed by atoms with Crippen LogP contribution in [0.4, 0.5) is 0 Å². The van der Waals surface area contributed by atoms with Gasteiger partial charge in [-0.3, -0.25) is 0 Å². The monoisotopic (exact) mass is 584 g/mol. The Hall–Kier alpha value is -5.92. The lowest BCUT2D eigenvalue weighted by Gasteiger charge is -2.20. The van der Waals surface area contributed by atoms with Gasteiger partial charge in [-0.15, -0.1) is 0 Å². The lowest BCUT2D eigenvalue weighted by atomic mass is 9.82. The Morgan fingerprint density at radius 2 is 0.956 bits per heavy atom. The minimum atomic E-state index is -0.635. The van der Waals surface area contributed by atoms with Crippen molar-refractivity contribution < 1.29 is 20.9 Å². The second kappa shape index (κ2) is 10.4. The lowest BCUT2D eigenvalue weighted by molar-refractivity contribution is 0.669. The summed E-state index contributed by atoms with van der Waals surface area (Å²) in [6.45, 7) is 0. The fourth-order valence-electron chi connectivity index (χ4n) is 6.29. The average molecular weight is 585 g/mol. The van der Waals surface area contributed by atoms with E-state index < -0.39 is 72.5 Å². The first-order chi connectivity index (χ1) is 27.3. The zero-order chi connectivity index (χ0) is 40.2. The van der Waals surface area contributed by atoms with Crippen molar-refractivity contribution in [3.8, 4) is 44.5 Å². The number of rotatable bonds is 4. The SMILES string of the molecule is [2H]c1c([2H])c(-c2ccccc2)c([2H])c(-c2c3c([2H])c([2H])c([2H])c([2H])c3c(-c3ccc4oc5ccccc5c4c3-c3ccccc3)c3c([2H])c([2H])c([2H])c([2H])c23)c1[2H]. The Labute approximate surface area is 278 Å². The Morgan fingerprint density at radius 3 is 1.64 bits per heavy atom. The fraction of sp³-hybridized carbons (Fsp3) is 0. The van der Waals surface area contributed by atoms with Gasteiger partial charge >= 0.3 is 0 Å². The topological polar surface area (TPSA) is 13.1 Å². The van der Waals surface area contributed by atoms with E-state index in [4.69, 9.17) is 12.6 Å². The molecule has 0 bridgehead atoms. The molecule has 0 atom stereocenters. The molecule has 0 aliphatic rings. The van der Waals surface area contributed by atoms with Crippen molar-refractivity contribution in [2.45, 2.75) is 0 Å². The van der Waals surface area contributed by atoms with E-state index in [0.717, 1.165) is 5.39 Å². The van der Waals surface area contributed by atoms with Crippen LogP contribution in [0.2, 0.25) is 0 Å². The second-order valence-corrected chi connectivity index (χ2v) is 10.7. The van der Waals surface area contributed by atoms with Gasteiger partial charge in [0, 0.05) is 16.3 Å². The van der Waals surface area contributed by atoms with Crippen LogP contribution in [0, 0.1) is 0 Å². The smallest absolute Gasteiger partial charge is 0.136 e. The molecule has 0 fully saturated rings. The van der Waals surface area contributed by atoms with Crippen molar-refractivity contribution in [3.05, 3.63) is 170 Å². The van der Waals surface area contributed by atoms with E-state index in [1.807, 2.05) is 54.6 Å². The molecule has 9 aromatic rings. The zero-order valence-corrected chi connectivity index (χ0v) is 23.6. The summed E-state index contributed by atoms with van der Waals surface area (Å²) in [5.74, 6) is 0. The lowest BCUT2D eigenvalue weighted by Crippen LogP contribution is -1.93. The number of para-hydroxylation sites is 1. The van der Waals surface area contributed by atoms with Gasteiger partial charge in [0.25, 0.3) is 0 Å². The molecule has 1 aromatic heterocycles. The molecule has 0 saturated carbocycles. The van der Waals surface area contributed by atoms with Gasteiger partial charge in [-0.2, -0.15) is 0 Å². The molecular formula is C44H28O. The highest BCUT2D eigenvalue weighted by Crippen LogP contribution is 2.49. The van der Waals surface area contributed by atoms with Crippen LogP contribution in [0.1, 0.15) is 16.4 Å². The highest BCUT2D eigenvalue weighted by molar-refractivity contribution is 6.25. The van der Waals surface area contributed by atoms with E-state index in [0.29, 0.717) is 38.8 Å². The number of furan rings is 1. The molecule has 1 nitrogen and oxygen atoms in total. The van der Waals surface area contributed by atoms with E-state index in [2.05, 4.69) is 0 Å². The minimum Gasteiger partial charge on any atom is -0.456 e. The van der Waals surface area contributed by atoms with Gasteiger partial charge < -0.3 is 4.42 Å². The first-order valence-corrected chi connectivity index (χ1v) is 14.5. The maximum atomic E-state index is 9.59. The van der Waals surface area contributed by atoms with Gasteiger partial charge in [0.15, 0.2) is 0 Å². The molecule has 45 heavy (non-hydrogen) atoms. The predicted octanol–water partition coefficient (Wildman–Crippen LogP) is 12.6. The molecule has 0 amide bonds. The van der Waals surface area contributed by atoms with Gasteiger partial charge in [-0.05, 0) is 84.7 Å². The van der Waals surface area contributed by atoms with Crippen LogP contribution in [-0.2, 0) is 0 Å². The number of benzene rings is 8. The van der Waals surface area contributed by atoms with Crippen molar-refractivity contribution in [1.29, 1.82) is 0 Å². The summed E-state index contributed by atoms with van der Waals surface area (Å²) in [7, 11) is 0. The van der Waals surface area contributed by atoms with Crippen LogP contribution >= 0.6 is 0 Å². The van der Waals surface area contributed by atoms with Gasteiger partial charge in [-0.25, -0.2) is 0 Å². The van der Waals surface area contributed by atoms with Crippen LogP contribution in [0.25, 0.3) is 88.0 Å². The molecule has 1 heterocycles. The van der Waals surface area contributed by atoms with Crippen LogP contribution in [0.5, 0.6) is 0 Å². The summed E-state index contributed by atoms with van der Waals surface area (Å²) in [6.07, 6.45) is 0. The van der Waals surface area contributed by atoms with E-state index in [9.17, 15) is 8.22 Å². The highest BCUT2D eigenvalue weighted by atomic mass is 16.3. The van der Waals surface area contributed by atoms with E-state index in [1.54, 1.807) is 42.5 Å². The molecular weight excluding hydrogens is 544 g/mol. The van der Waals surface area contributed by atoms with Crippen LogP contribution in [0.15, 0.2) is 174 Å². The molecule has 0 aliphatic heterocycles. The van der Waals surface area contributed by atoms with Crippen molar-refractivity contribution >= 4 is 43.5 Å². The Balaban J connectivity index is 1.61. The molecule has 0 unspecified atom stereocenters. The number of hydrogen-bond acceptors (Lipinski definition) is 1. The van der Waals surface area contributed by atoms with Crippen molar-refractivity contribution in [2.75, 3.05) is 0 Å². The van der Waals surface area contributed by atoms with Crippen LogP contribution < -0.4 is 0 Å². The summed E-state index contributed by atoms with van der Waals surface area (Å²) < 4.78 is 116.